The van der Waals surface area contributed by atoms with Crippen LogP contribution in [0.4, 0.5) is 0 Å². The van der Waals surface area contributed by atoms with Crippen LogP contribution in [-0.4, -0.2) is 28.0 Å². The minimum Gasteiger partial charge on any atom is -0.344 e. The molecule has 1 aliphatic rings. The molecule has 1 N–H and O–H groups in total. The number of carbonyl (C=O) groups excluding carboxylic acids is 2. The van der Waals surface area contributed by atoms with E-state index in [9.17, 15) is 9.59 Å². The van der Waals surface area contributed by atoms with Crippen molar-refractivity contribution in [3.05, 3.63) is 35.5 Å². The Morgan fingerprint density at radius 2 is 1.95 bits per heavy atom. The number of nitrogens with zero attached hydrogens (tertiary/aromatic N) is 1. The van der Waals surface area contributed by atoms with E-state index in [1.54, 1.807) is 17.8 Å². The van der Waals surface area contributed by atoms with E-state index in [4.69, 9.17) is 0 Å². The summed E-state index contributed by atoms with van der Waals surface area (Å²) in [6.07, 6.45) is 0. The summed E-state index contributed by atoms with van der Waals surface area (Å²) in [5.74, 6) is -0.368. The zero-order valence-corrected chi connectivity index (χ0v) is 13.0. The Kier molecular flexibility index (Phi) is 3.24. The summed E-state index contributed by atoms with van der Waals surface area (Å²) in [7, 11) is 0. The first kappa shape index (κ1) is 14.1. The Hall–Kier alpha value is -1.88. The first-order chi connectivity index (χ1) is 9.83. The monoisotopic (exact) mass is 300 g/mol. The lowest BCUT2D eigenvalue weighted by Crippen LogP contribution is -2.37. The van der Waals surface area contributed by atoms with E-state index in [0.29, 0.717) is 5.56 Å². The van der Waals surface area contributed by atoms with Crippen molar-refractivity contribution in [2.24, 2.45) is 0 Å². The first-order valence-electron chi connectivity index (χ1n) is 6.79. The van der Waals surface area contributed by atoms with Crippen LogP contribution < -0.4 is 5.32 Å². The van der Waals surface area contributed by atoms with Gasteiger partial charge in [-0.2, -0.15) is 0 Å². The fraction of sp³-hybridized carbons (Fsp3) is 0.312. The van der Waals surface area contributed by atoms with Gasteiger partial charge in [-0.15, -0.1) is 11.8 Å². The maximum atomic E-state index is 11.9. The minimum atomic E-state index is -0.229. The number of nitrogens with one attached hydrogen (secondary N) is 1. The highest BCUT2D eigenvalue weighted by atomic mass is 32.2. The van der Waals surface area contributed by atoms with Gasteiger partial charge in [-0.1, -0.05) is 26.8 Å². The van der Waals surface area contributed by atoms with E-state index >= 15 is 0 Å². The standard InChI is InChI=1S/C16H16N2O2S/c1-16(2,3)21-10-5-4-9-6-11-14(18-12(9)7-10)13(19)8-17-15(11)20/h4-7H,8H2,1-3H3,(H,17,20). The molecule has 2 heterocycles. The quantitative estimate of drug-likeness (QED) is 0.822. The van der Waals surface area contributed by atoms with Gasteiger partial charge < -0.3 is 5.32 Å². The molecule has 0 saturated heterocycles. The van der Waals surface area contributed by atoms with E-state index in [1.165, 1.54) is 0 Å². The third-order valence-electron chi connectivity index (χ3n) is 3.13. The van der Waals surface area contributed by atoms with Gasteiger partial charge in [0, 0.05) is 15.0 Å². The van der Waals surface area contributed by atoms with E-state index in [0.717, 1.165) is 15.8 Å². The molecule has 0 spiro atoms. The van der Waals surface area contributed by atoms with Crippen LogP contribution in [0.25, 0.3) is 10.9 Å². The number of thioether (sulfide) groups is 1. The number of ketones is 1. The number of fused-ring (bicyclic) bond motifs is 2. The van der Waals surface area contributed by atoms with Gasteiger partial charge in [0.15, 0.2) is 0 Å². The molecule has 0 unspecified atom stereocenters. The Morgan fingerprint density at radius 1 is 1.19 bits per heavy atom. The third kappa shape index (κ3) is 2.78. The third-order valence-corrected chi connectivity index (χ3v) is 4.23. The Labute approximate surface area is 127 Å². The van der Waals surface area contributed by atoms with Crippen LogP contribution in [0, 0.1) is 0 Å². The summed E-state index contributed by atoms with van der Waals surface area (Å²) in [5.41, 5.74) is 1.41. The second-order valence-corrected chi connectivity index (χ2v) is 7.96. The van der Waals surface area contributed by atoms with Crippen LogP contribution in [0.5, 0.6) is 0 Å². The van der Waals surface area contributed by atoms with Crippen LogP contribution in [0.3, 0.4) is 0 Å². The van der Waals surface area contributed by atoms with E-state index < -0.39 is 0 Å². The summed E-state index contributed by atoms with van der Waals surface area (Å²) in [5, 5.41) is 3.43. The zero-order chi connectivity index (χ0) is 15.2. The van der Waals surface area contributed by atoms with Crippen LogP contribution in [0.2, 0.25) is 0 Å². The Morgan fingerprint density at radius 3 is 2.67 bits per heavy atom. The molecule has 0 fully saturated rings. The maximum absolute atomic E-state index is 11.9. The molecule has 108 valence electrons. The molecule has 4 nitrogen and oxygen atoms in total. The number of hydrogen-bond acceptors (Lipinski definition) is 4. The van der Waals surface area contributed by atoms with Gasteiger partial charge in [0.25, 0.3) is 5.91 Å². The van der Waals surface area contributed by atoms with Gasteiger partial charge in [0.2, 0.25) is 5.78 Å². The van der Waals surface area contributed by atoms with E-state index in [2.05, 4.69) is 31.1 Å². The van der Waals surface area contributed by atoms with Gasteiger partial charge in [0.05, 0.1) is 17.6 Å². The fourth-order valence-electron chi connectivity index (χ4n) is 2.29. The molecule has 1 amide bonds. The van der Waals surface area contributed by atoms with Crippen molar-refractivity contribution >= 4 is 34.4 Å². The minimum absolute atomic E-state index is 0.0285. The molecule has 2 aromatic rings. The molecule has 0 atom stereocenters. The lowest BCUT2D eigenvalue weighted by Gasteiger charge is -2.18. The normalized spacial score (nSPS) is 15.0. The number of Topliss-reactive ketones (excluding diaryl/α,β-unsaturated/α-hetero) is 1. The summed E-state index contributed by atoms with van der Waals surface area (Å²) >= 11 is 1.75. The predicted molar refractivity (Wildman–Crippen MR) is 84.0 cm³/mol. The van der Waals surface area contributed by atoms with Crippen molar-refractivity contribution in [3.8, 4) is 0 Å². The van der Waals surface area contributed by atoms with Crippen molar-refractivity contribution in [2.45, 2.75) is 30.4 Å². The molecule has 0 radical (unpaired) electrons. The van der Waals surface area contributed by atoms with Crippen LogP contribution in [0.1, 0.15) is 41.6 Å². The molecule has 1 aromatic carbocycles. The van der Waals surface area contributed by atoms with E-state index in [-0.39, 0.29) is 28.7 Å². The molecule has 0 aliphatic carbocycles. The topological polar surface area (TPSA) is 59.1 Å². The number of carbonyl (C=O) groups is 2. The fourth-order valence-corrected chi connectivity index (χ4v) is 3.30. The molecule has 1 aromatic heterocycles. The van der Waals surface area contributed by atoms with Gasteiger partial charge in [-0.3, -0.25) is 9.59 Å². The smallest absolute Gasteiger partial charge is 0.254 e. The largest absolute Gasteiger partial charge is 0.344 e. The lowest BCUT2D eigenvalue weighted by molar-refractivity contribution is 0.0874. The number of aromatic nitrogens is 1. The van der Waals surface area contributed by atoms with Gasteiger partial charge >= 0.3 is 0 Å². The first-order valence-corrected chi connectivity index (χ1v) is 7.60. The molecule has 5 heteroatoms. The maximum Gasteiger partial charge on any atom is 0.254 e. The summed E-state index contributed by atoms with van der Waals surface area (Å²) in [6, 6.07) is 7.69. The highest BCUT2D eigenvalue weighted by Crippen LogP contribution is 2.33. The summed E-state index contributed by atoms with van der Waals surface area (Å²) in [4.78, 5) is 29.2. The van der Waals surface area contributed by atoms with Gasteiger partial charge in [-0.25, -0.2) is 4.98 Å². The van der Waals surface area contributed by atoms with Crippen LogP contribution in [-0.2, 0) is 0 Å². The molecular weight excluding hydrogens is 284 g/mol. The van der Waals surface area contributed by atoms with Crippen LogP contribution in [0.15, 0.2) is 29.2 Å². The molecule has 21 heavy (non-hydrogen) atoms. The SMILES string of the molecule is CC(C)(C)Sc1ccc2cc3c(nc2c1)C(=O)CNC3=O. The molecular formula is C16H16N2O2S. The zero-order valence-electron chi connectivity index (χ0n) is 12.2. The average molecular weight is 300 g/mol. The number of amides is 1. The van der Waals surface area contributed by atoms with Gasteiger partial charge in [-0.05, 0) is 18.2 Å². The Balaban J connectivity index is 2.12. The average Bonchev–Trinajstić information content (AvgIpc) is 2.40. The second kappa shape index (κ2) is 4.84. The van der Waals surface area contributed by atoms with E-state index in [1.807, 2.05) is 18.2 Å². The van der Waals surface area contributed by atoms with Crippen molar-refractivity contribution in [3.63, 3.8) is 0 Å². The summed E-state index contributed by atoms with van der Waals surface area (Å²) < 4.78 is 0.109. The van der Waals surface area contributed by atoms with Crippen LogP contribution >= 0.6 is 11.8 Å². The lowest BCUT2D eigenvalue weighted by atomic mass is 10.0. The molecule has 0 bridgehead atoms. The highest BCUT2D eigenvalue weighted by molar-refractivity contribution is 8.00. The molecule has 1 aliphatic heterocycles. The number of pyridine rings is 1. The van der Waals surface area contributed by atoms with Crippen molar-refractivity contribution < 1.29 is 9.59 Å². The number of hydrogen-bond donors (Lipinski definition) is 1. The van der Waals surface area contributed by atoms with Crippen molar-refractivity contribution in [1.82, 2.24) is 10.3 Å². The highest BCUT2D eigenvalue weighted by Gasteiger charge is 2.25. The summed E-state index contributed by atoms with van der Waals surface area (Å²) in [6.45, 7) is 6.48. The van der Waals surface area contributed by atoms with Crippen molar-refractivity contribution in [2.75, 3.05) is 6.54 Å². The Bertz CT molecular complexity index is 763. The second-order valence-electron chi connectivity index (χ2n) is 6.06. The number of benzene rings is 1. The molecule has 0 saturated carbocycles. The number of rotatable bonds is 1. The molecule has 3 rings (SSSR count). The van der Waals surface area contributed by atoms with Crippen molar-refractivity contribution in [1.29, 1.82) is 0 Å². The van der Waals surface area contributed by atoms with Gasteiger partial charge in [0.1, 0.15) is 5.69 Å². The predicted octanol–water partition coefficient (Wildman–Crippen LogP) is 3.05.